The van der Waals surface area contributed by atoms with Gasteiger partial charge in [-0.3, -0.25) is 0 Å². The molecule has 0 aliphatic heterocycles. The summed E-state index contributed by atoms with van der Waals surface area (Å²) in [5.41, 5.74) is 4.59. The highest BCUT2D eigenvalue weighted by Gasteiger charge is 2.35. The van der Waals surface area contributed by atoms with Gasteiger partial charge in [-0.15, -0.1) is 5.10 Å². The summed E-state index contributed by atoms with van der Waals surface area (Å²) in [5, 5.41) is 10.9. The number of aryl methyl sites for hydroxylation is 1. The third kappa shape index (κ3) is 3.79. The Bertz CT molecular complexity index is 611. The standard InChI is InChI=1S/C12H13BrF3N5/c13-8-3-4-9(10(7-8)12(14,15)16)11-18-19-20-21(11)6-2-1-5-17/h3-4,7H,1-2,5-6,17H2. The van der Waals surface area contributed by atoms with Crippen LogP contribution in [0.2, 0.25) is 0 Å². The van der Waals surface area contributed by atoms with E-state index in [9.17, 15) is 13.2 Å². The number of rotatable bonds is 5. The van der Waals surface area contributed by atoms with Crippen molar-refractivity contribution < 1.29 is 13.2 Å². The summed E-state index contributed by atoms with van der Waals surface area (Å²) in [6, 6.07) is 3.91. The smallest absolute Gasteiger partial charge is 0.330 e. The van der Waals surface area contributed by atoms with E-state index >= 15 is 0 Å². The van der Waals surface area contributed by atoms with Gasteiger partial charge in [-0.25, -0.2) is 4.68 Å². The lowest BCUT2D eigenvalue weighted by molar-refractivity contribution is -0.137. The maximum absolute atomic E-state index is 13.1. The number of halogens is 4. The van der Waals surface area contributed by atoms with E-state index < -0.39 is 11.7 Å². The lowest BCUT2D eigenvalue weighted by Crippen LogP contribution is -2.11. The molecule has 0 atom stereocenters. The molecule has 0 aliphatic carbocycles. The van der Waals surface area contributed by atoms with E-state index in [1.807, 2.05) is 0 Å². The maximum Gasteiger partial charge on any atom is 0.417 e. The van der Waals surface area contributed by atoms with Crippen LogP contribution >= 0.6 is 15.9 Å². The number of alkyl halides is 3. The molecule has 0 bridgehead atoms. The number of unbranched alkanes of at least 4 members (excludes halogenated alkanes) is 1. The summed E-state index contributed by atoms with van der Waals surface area (Å²) in [7, 11) is 0. The lowest BCUT2D eigenvalue weighted by Gasteiger charge is -2.13. The average molecular weight is 364 g/mol. The molecule has 0 aliphatic rings. The lowest BCUT2D eigenvalue weighted by atomic mass is 10.1. The minimum Gasteiger partial charge on any atom is -0.330 e. The molecule has 114 valence electrons. The highest BCUT2D eigenvalue weighted by Crippen LogP contribution is 2.37. The van der Waals surface area contributed by atoms with E-state index in [0.29, 0.717) is 24.0 Å². The van der Waals surface area contributed by atoms with Crippen molar-refractivity contribution in [3.63, 3.8) is 0 Å². The van der Waals surface area contributed by atoms with Crippen LogP contribution in [0, 0.1) is 0 Å². The van der Waals surface area contributed by atoms with E-state index in [2.05, 4.69) is 31.5 Å². The maximum atomic E-state index is 13.1. The molecule has 1 aromatic heterocycles. The zero-order valence-corrected chi connectivity index (χ0v) is 12.5. The van der Waals surface area contributed by atoms with E-state index in [4.69, 9.17) is 5.73 Å². The number of nitrogens with two attached hydrogens (primary N) is 1. The Labute approximate surface area is 127 Å². The number of benzene rings is 1. The third-order valence-corrected chi connectivity index (χ3v) is 3.38. The highest BCUT2D eigenvalue weighted by atomic mass is 79.9. The monoisotopic (exact) mass is 363 g/mol. The Morgan fingerprint density at radius 3 is 2.67 bits per heavy atom. The average Bonchev–Trinajstić information content (AvgIpc) is 2.86. The topological polar surface area (TPSA) is 69.6 Å². The predicted octanol–water partition coefficient (Wildman–Crippen LogP) is 2.86. The molecule has 0 fully saturated rings. The van der Waals surface area contributed by atoms with Gasteiger partial charge in [-0.05, 0) is 48.0 Å². The summed E-state index contributed by atoms with van der Waals surface area (Å²) in [6.45, 7) is 0.941. The number of hydrogen-bond donors (Lipinski definition) is 1. The Morgan fingerprint density at radius 2 is 2.00 bits per heavy atom. The van der Waals surface area contributed by atoms with Gasteiger partial charge in [0.25, 0.3) is 0 Å². The Hall–Kier alpha value is -1.48. The normalized spacial score (nSPS) is 11.9. The second-order valence-corrected chi connectivity index (χ2v) is 5.32. The van der Waals surface area contributed by atoms with Gasteiger partial charge in [0.05, 0.1) is 5.56 Å². The molecule has 1 heterocycles. The largest absolute Gasteiger partial charge is 0.417 e. The van der Waals surface area contributed by atoms with Crippen LogP contribution in [-0.4, -0.2) is 26.8 Å². The molecule has 0 radical (unpaired) electrons. The SMILES string of the molecule is NCCCCn1nnnc1-c1ccc(Br)cc1C(F)(F)F. The van der Waals surface area contributed by atoms with Crippen molar-refractivity contribution >= 4 is 15.9 Å². The summed E-state index contributed by atoms with van der Waals surface area (Å²) in [4.78, 5) is 0. The van der Waals surface area contributed by atoms with Crippen LogP contribution in [0.3, 0.4) is 0 Å². The first-order valence-electron chi connectivity index (χ1n) is 6.27. The minimum atomic E-state index is -4.48. The van der Waals surface area contributed by atoms with Crippen LogP contribution in [0.1, 0.15) is 18.4 Å². The van der Waals surface area contributed by atoms with Gasteiger partial charge in [0.15, 0.2) is 5.82 Å². The zero-order chi connectivity index (χ0) is 15.5. The van der Waals surface area contributed by atoms with Crippen molar-refractivity contribution in [2.45, 2.75) is 25.6 Å². The van der Waals surface area contributed by atoms with Crippen LogP contribution in [0.25, 0.3) is 11.4 Å². The third-order valence-electron chi connectivity index (χ3n) is 2.88. The summed E-state index contributed by atoms with van der Waals surface area (Å²) < 4.78 is 41.1. The first-order chi connectivity index (χ1) is 9.93. The van der Waals surface area contributed by atoms with Crippen molar-refractivity contribution in [1.29, 1.82) is 0 Å². The Kier molecular flexibility index (Phi) is 4.94. The van der Waals surface area contributed by atoms with Crippen LogP contribution in [0.5, 0.6) is 0 Å². The van der Waals surface area contributed by atoms with Gasteiger partial charge in [0.2, 0.25) is 0 Å². The van der Waals surface area contributed by atoms with Gasteiger partial charge >= 0.3 is 6.18 Å². The summed E-state index contributed by atoms with van der Waals surface area (Å²) in [5.74, 6) is 0.104. The fourth-order valence-electron chi connectivity index (χ4n) is 1.90. The van der Waals surface area contributed by atoms with Crippen molar-refractivity contribution in [3.8, 4) is 11.4 Å². The summed E-state index contributed by atoms with van der Waals surface area (Å²) >= 11 is 3.05. The van der Waals surface area contributed by atoms with Crippen LogP contribution in [-0.2, 0) is 12.7 Å². The second-order valence-electron chi connectivity index (χ2n) is 4.41. The molecule has 0 unspecified atom stereocenters. The first kappa shape index (κ1) is 15.9. The van der Waals surface area contributed by atoms with Crippen LogP contribution in [0.15, 0.2) is 22.7 Å². The van der Waals surface area contributed by atoms with Crippen LogP contribution < -0.4 is 5.73 Å². The summed E-state index contributed by atoms with van der Waals surface area (Å²) in [6.07, 6.45) is -3.02. The Morgan fingerprint density at radius 1 is 1.24 bits per heavy atom. The molecule has 0 spiro atoms. The fourth-order valence-corrected chi connectivity index (χ4v) is 2.26. The molecule has 2 N–H and O–H groups in total. The zero-order valence-electron chi connectivity index (χ0n) is 10.9. The molecule has 2 rings (SSSR count). The molecule has 21 heavy (non-hydrogen) atoms. The molecule has 1 aromatic carbocycles. The van der Waals surface area contributed by atoms with E-state index in [-0.39, 0.29) is 11.4 Å². The quantitative estimate of drug-likeness (QED) is 0.829. The number of hydrogen-bond acceptors (Lipinski definition) is 4. The molecule has 2 aromatic rings. The first-order valence-corrected chi connectivity index (χ1v) is 7.06. The van der Waals surface area contributed by atoms with Crippen molar-refractivity contribution in [3.05, 3.63) is 28.2 Å². The molecule has 0 saturated carbocycles. The molecule has 5 nitrogen and oxygen atoms in total. The van der Waals surface area contributed by atoms with Gasteiger partial charge in [0.1, 0.15) is 0 Å². The molecular weight excluding hydrogens is 351 g/mol. The minimum absolute atomic E-state index is 0.0385. The Balaban J connectivity index is 2.41. The predicted molar refractivity (Wildman–Crippen MR) is 74.2 cm³/mol. The number of tetrazole rings is 1. The van der Waals surface area contributed by atoms with Crippen LogP contribution in [0.4, 0.5) is 13.2 Å². The molecule has 0 saturated heterocycles. The van der Waals surface area contributed by atoms with E-state index in [1.165, 1.54) is 16.8 Å². The highest BCUT2D eigenvalue weighted by molar-refractivity contribution is 9.10. The van der Waals surface area contributed by atoms with E-state index in [0.717, 1.165) is 12.5 Å². The molecular formula is C12H13BrF3N5. The van der Waals surface area contributed by atoms with Crippen molar-refractivity contribution in [2.24, 2.45) is 5.73 Å². The number of aromatic nitrogens is 4. The second kappa shape index (κ2) is 6.52. The molecule has 0 amide bonds. The van der Waals surface area contributed by atoms with Gasteiger partial charge in [-0.2, -0.15) is 13.2 Å². The fraction of sp³-hybridized carbons (Fsp3) is 0.417. The van der Waals surface area contributed by atoms with Crippen molar-refractivity contribution in [2.75, 3.05) is 6.54 Å². The number of nitrogens with zero attached hydrogens (tertiary/aromatic N) is 4. The van der Waals surface area contributed by atoms with E-state index in [1.54, 1.807) is 0 Å². The van der Waals surface area contributed by atoms with Crippen molar-refractivity contribution in [1.82, 2.24) is 20.2 Å². The van der Waals surface area contributed by atoms with Gasteiger partial charge in [0, 0.05) is 16.6 Å². The molecule has 9 heteroatoms. The van der Waals surface area contributed by atoms with Gasteiger partial charge < -0.3 is 5.73 Å². The van der Waals surface area contributed by atoms with Gasteiger partial charge in [-0.1, -0.05) is 15.9 Å².